The zero-order valence-corrected chi connectivity index (χ0v) is 15.0. The molecule has 26 heavy (non-hydrogen) atoms. The van der Waals surface area contributed by atoms with Gasteiger partial charge in [0, 0.05) is 0 Å². The minimum absolute atomic E-state index is 0.0141. The van der Waals surface area contributed by atoms with Crippen molar-refractivity contribution in [3.63, 3.8) is 0 Å². The van der Waals surface area contributed by atoms with Gasteiger partial charge in [-0.3, -0.25) is 10.1 Å². The molecule has 0 bridgehead atoms. The average molecular weight is 397 g/mol. The lowest BCUT2D eigenvalue weighted by Gasteiger charge is -2.31. The highest BCUT2D eigenvalue weighted by atomic mass is 35.5. The van der Waals surface area contributed by atoms with E-state index in [1.54, 1.807) is 6.92 Å². The van der Waals surface area contributed by atoms with Crippen LogP contribution in [0.5, 0.6) is 0 Å². The van der Waals surface area contributed by atoms with Gasteiger partial charge in [0.1, 0.15) is 37.4 Å². The summed E-state index contributed by atoms with van der Waals surface area (Å²) in [6, 6.07) is 0.419. The topological polar surface area (TPSA) is 77.2 Å². The molecule has 7 nitrogen and oxygen atoms in total. The van der Waals surface area contributed by atoms with Gasteiger partial charge in [0.25, 0.3) is 11.7 Å². The summed E-state index contributed by atoms with van der Waals surface area (Å²) in [4.78, 5) is 28.5. The lowest BCUT2D eigenvalue weighted by Crippen LogP contribution is -3.19. The molecule has 0 radical (unpaired) electrons. The van der Waals surface area contributed by atoms with Crippen LogP contribution >= 0.6 is 11.6 Å². The number of quaternary nitrogens is 1. The van der Waals surface area contributed by atoms with E-state index in [9.17, 15) is 22.8 Å². The van der Waals surface area contributed by atoms with Gasteiger partial charge in [-0.15, -0.1) is 0 Å². The van der Waals surface area contributed by atoms with E-state index in [4.69, 9.17) is 11.6 Å². The number of anilines is 1. The SMILES string of the molecule is COC(=O)NC(=O)[C@H](C)[NH+]1CCN(c2[nH+]cc(C(F)(F)F)cc2Cl)CC1. The second kappa shape index (κ2) is 8.09. The first kappa shape index (κ1) is 20.2. The minimum Gasteiger partial charge on any atom is -0.453 e. The molecule has 11 heteroatoms. The maximum atomic E-state index is 12.7. The van der Waals surface area contributed by atoms with Crippen molar-refractivity contribution in [3.8, 4) is 0 Å². The molecule has 2 heterocycles. The summed E-state index contributed by atoms with van der Waals surface area (Å²) in [7, 11) is 1.17. The first-order valence-electron chi connectivity index (χ1n) is 7.90. The third kappa shape index (κ3) is 4.76. The third-order valence-corrected chi connectivity index (χ3v) is 4.63. The fraction of sp³-hybridized carbons (Fsp3) is 0.533. The molecule has 2 amide bonds. The number of hydrogen-bond acceptors (Lipinski definition) is 4. The Morgan fingerprint density at radius 3 is 2.50 bits per heavy atom. The standard InChI is InChI=1S/C15H18ClF3N4O3/c1-9(13(24)21-14(25)26-2)22-3-5-23(6-4-22)12-11(16)7-10(8-20-12)15(17,18)19/h7-9H,3-6H2,1-2H3,(H,21,24,25)/p+2/t9-/m0/s1. The zero-order valence-electron chi connectivity index (χ0n) is 14.2. The number of carbonyl (C=O) groups is 2. The lowest BCUT2D eigenvalue weighted by molar-refractivity contribution is -0.914. The molecule has 1 aromatic heterocycles. The Morgan fingerprint density at radius 2 is 2.00 bits per heavy atom. The number of hydrogen-bond donors (Lipinski definition) is 2. The second-order valence-electron chi connectivity index (χ2n) is 5.93. The van der Waals surface area contributed by atoms with E-state index in [0.29, 0.717) is 32.0 Å². The van der Waals surface area contributed by atoms with Crippen LogP contribution in [0.15, 0.2) is 12.3 Å². The van der Waals surface area contributed by atoms with Crippen molar-refractivity contribution >= 4 is 29.4 Å². The number of piperazine rings is 1. The molecule has 1 atom stereocenters. The number of halogens is 4. The normalized spacial score (nSPS) is 16.9. The number of amides is 2. The number of rotatable bonds is 3. The van der Waals surface area contributed by atoms with E-state index < -0.39 is 29.8 Å². The van der Waals surface area contributed by atoms with Crippen molar-refractivity contribution in [1.29, 1.82) is 0 Å². The van der Waals surface area contributed by atoms with Crippen LogP contribution in [0.4, 0.5) is 23.8 Å². The highest BCUT2D eigenvalue weighted by Gasteiger charge is 2.36. The molecular formula is C15H20ClF3N4O3+2. The summed E-state index contributed by atoms with van der Waals surface area (Å²) in [5.74, 6) is -0.0372. The average Bonchev–Trinajstić information content (AvgIpc) is 2.60. The van der Waals surface area contributed by atoms with Crippen molar-refractivity contribution in [2.24, 2.45) is 0 Å². The number of nitrogens with one attached hydrogen (secondary N) is 3. The summed E-state index contributed by atoms with van der Waals surface area (Å²) in [6.07, 6.45) is -4.40. The summed E-state index contributed by atoms with van der Waals surface area (Å²) < 4.78 is 42.5. The van der Waals surface area contributed by atoms with Gasteiger partial charge in [-0.25, -0.2) is 14.7 Å². The Balaban J connectivity index is 1.98. The predicted octanol–water partition coefficient (Wildman–Crippen LogP) is 0.149. The first-order valence-corrected chi connectivity index (χ1v) is 8.28. The van der Waals surface area contributed by atoms with Gasteiger partial charge >= 0.3 is 12.3 Å². The molecule has 0 aliphatic carbocycles. The Morgan fingerprint density at radius 1 is 1.38 bits per heavy atom. The van der Waals surface area contributed by atoms with Gasteiger partial charge in [-0.2, -0.15) is 13.2 Å². The summed E-state index contributed by atoms with van der Waals surface area (Å²) >= 11 is 6.00. The van der Waals surface area contributed by atoms with E-state index in [1.165, 1.54) is 7.11 Å². The van der Waals surface area contributed by atoms with Crippen molar-refractivity contribution in [2.75, 3.05) is 38.2 Å². The monoisotopic (exact) mass is 396 g/mol. The molecule has 1 aromatic rings. The fourth-order valence-corrected chi connectivity index (χ4v) is 3.06. The van der Waals surface area contributed by atoms with E-state index in [2.05, 4.69) is 15.0 Å². The predicted molar refractivity (Wildman–Crippen MR) is 85.9 cm³/mol. The van der Waals surface area contributed by atoms with Crippen molar-refractivity contribution in [2.45, 2.75) is 19.1 Å². The Hall–Kier alpha value is -2.07. The van der Waals surface area contributed by atoms with Crippen molar-refractivity contribution in [1.82, 2.24) is 5.32 Å². The quantitative estimate of drug-likeness (QED) is 0.762. The van der Waals surface area contributed by atoms with E-state index >= 15 is 0 Å². The van der Waals surface area contributed by atoms with Gasteiger partial charge < -0.3 is 9.64 Å². The molecule has 1 aliphatic rings. The number of methoxy groups -OCH3 is 1. The van der Waals surface area contributed by atoms with Gasteiger partial charge in [-0.1, -0.05) is 11.6 Å². The Kier molecular flexibility index (Phi) is 6.30. The number of ether oxygens (including phenoxy) is 1. The van der Waals surface area contributed by atoms with Crippen molar-refractivity contribution in [3.05, 3.63) is 22.8 Å². The number of aromatic amines is 1. The van der Waals surface area contributed by atoms with Crippen LogP contribution in [0.2, 0.25) is 5.02 Å². The van der Waals surface area contributed by atoms with E-state index in [1.807, 2.05) is 4.90 Å². The van der Waals surface area contributed by atoms with Crippen LogP contribution in [-0.2, 0) is 15.7 Å². The summed E-state index contributed by atoms with van der Waals surface area (Å²) in [6.45, 7) is 3.79. The maximum Gasteiger partial charge on any atom is 0.419 e. The zero-order chi connectivity index (χ0) is 19.5. The molecule has 144 valence electrons. The number of aromatic nitrogens is 1. The van der Waals surface area contributed by atoms with E-state index in [0.717, 1.165) is 17.2 Å². The molecule has 3 N–H and O–H groups in total. The summed E-state index contributed by atoms with van der Waals surface area (Å²) in [5, 5.41) is 2.12. The number of carbonyl (C=O) groups excluding carboxylic acids is 2. The van der Waals surface area contributed by atoms with Crippen LogP contribution in [-0.4, -0.2) is 51.3 Å². The van der Waals surface area contributed by atoms with Crippen LogP contribution < -0.4 is 20.1 Å². The number of nitrogens with zero attached hydrogens (tertiary/aromatic N) is 1. The maximum absolute atomic E-state index is 12.7. The lowest BCUT2D eigenvalue weighted by atomic mass is 10.2. The molecule has 1 aliphatic heterocycles. The number of imide groups is 1. The molecule has 0 spiro atoms. The molecule has 0 saturated carbocycles. The number of alkyl halides is 3. The minimum atomic E-state index is -4.47. The van der Waals surface area contributed by atoms with Crippen LogP contribution in [0.1, 0.15) is 12.5 Å². The molecule has 2 rings (SSSR count). The van der Waals surface area contributed by atoms with Crippen LogP contribution in [0.3, 0.4) is 0 Å². The molecular weight excluding hydrogens is 377 g/mol. The molecule has 0 aromatic carbocycles. The van der Waals surface area contributed by atoms with Crippen LogP contribution in [0, 0.1) is 0 Å². The largest absolute Gasteiger partial charge is 0.453 e. The van der Waals surface area contributed by atoms with Crippen molar-refractivity contribution < 1.29 is 37.4 Å². The van der Waals surface area contributed by atoms with Gasteiger partial charge in [0.05, 0.1) is 12.7 Å². The number of alkyl carbamates (subject to hydrolysis) is 1. The highest BCUT2D eigenvalue weighted by molar-refractivity contribution is 6.32. The fourth-order valence-electron chi connectivity index (χ4n) is 2.76. The number of H-pyrrole nitrogens is 1. The Labute approximate surface area is 153 Å². The van der Waals surface area contributed by atoms with E-state index in [-0.39, 0.29) is 5.02 Å². The molecule has 1 fully saturated rings. The Bertz CT molecular complexity index is 679. The first-order chi connectivity index (χ1) is 12.1. The molecule has 0 unspecified atom stereocenters. The number of pyridine rings is 1. The highest BCUT2D eigenvalue weighted by Crippen LogP contribution is 2.31. The summed E-state index contributed by atoms with van der Waals surface area (Å²) in [5.41, 5.74) is -0.844. The third-order valence-electron chi connectivity index (χ3n) is 4.34. The van der Waals surface area contributed by atoms with Gasteiger partial charge in [0.15, 0.2) is 6.04 Å². The van der Waals surface area contributed by atoms with Gasteiger partial charge in [0.2, 0.25) is 0 Å². The molecule has 1 saturated heterocycles. The van der Waals surface area contributed by atoms with Gasteiger partial charge in [-0.05, 0) is 13.0 Å². The van der Waals surface area contributed by atoms with Crippen LogP contribution in [0.25, 0.3) is 0 Å². The second-order valence-corrected chi connectivity index (χ2v) is 6.34. The smallest absolute Gasteiger partial charge is 0.419 e.